The predicted octanol–water partition coefficient (Wildman–Crippen LogP) is 1.67. The number of nitrogens with zero attached hydrogens (tertiary/aromatic N) is 3. The van der Waals surface area contributed by atoms with Crippen molar-refractivity contribution in [1.29, 1.82) is 0 Å². The summed E-state index contributed by atoms with van der Waals surface area (Å²) in [7, 11) is 0. The maximum atomic E-state index is 11.6. The SMILES string of the molecule is CCNC(=NCCCN1CCCC1=O)NCCCN1CC(C)OC(C)C1.I. The minimum absolute atomic E-state index is 0. The van der Waals surface area contributed by atoms with Crippen LogP contribution in [0.5, 0.6) is 0 Å². The Balaban J connectivity index is 0.00000364. The lowest BCUT2D eigenvalue weighted by Crippen LogP contribution is -2.46. The highest BCUT2D eigenvalue weighted by Gasteiger charge is 2.21. The van der Waals surface area contributed by atoms with Crippen LogP contribution in [-0.4, -0.2) is 86.2 Å². The van der Waals surface area contributed by atoms with Crippen molar-refractivity contribution in [2.45, 2.75) is 58.7 Å². The van der Waals surface area contributed by atoms with E-state index in [0.717, 1.165) is 77.6 Å². The Morgan fingerprint density at radius 3 is 2.56 bits per heavy atom. The number of halogens is 1. The third-order valence-electron chi connectivity index (χ3n) is 4.81. The first-order chi connectivity index (χ1) is 12.6. The van der Waals surface area contributed by atoms with Crippen LogP contribution in [0.1, 0.15) is 46.5 Å². The molecule has 0 saturated carbocycles. The van der Waals surface area contributed by atoms with Crippen molar-refractivity contribution in [3.05, 3.63) is 0 Å². The van der Waals surface area contributed by atoms with Gasteiger partial charge in [0.1, 0.15) is 0 Å². The number of amides is 1. The van der Waals surface area contributed by atoms with Crippen molar-refractivity contribution >= 4 is 35.8 Å². The molecule has 8 heteroatoms. The molecule has 2 heterocycles. The van der Waals surface area contributed by atoms with Crippen molar-refractivity contribution in [2.24, 2.45) is 4.99 Å². The molecule has 2 fully saturated rings. The average Bonchev–Trinajstić information content (AvgIpc) is 2.99. The van der Waals surface area contributed by atoms with Crippen LogP contribution in [0.4, 0.5) is 0 Å². The Morgan fingerprint density at radius 2 is 1.93 bits per heavy atom. The molecule has 2 N–H and O–H groups in total. The molecular formula is C19H38IN5O2. The molecule has 0 aromatic rings. The normalized spacial score (nSPS) is 24.0. The lowest BCUT2D eigenvalue weighted by atomic mass is 10.2. The van der Waals surface area contributed by atoms with Gasteiger partial charge in [0.2, 0.25) is 5.91 Å². The molecule has 0 aromatic heterocycles. The van der Waals surface area contributed by atoms with E-state index >= 15 is 0 Å². The molecule has 7 nitrogen and oxygen atoms in total. The monoisotopic (exact) mass is 495 g/mol. The van der Waals surface area contributed by atoms with E-state index in [9.17, 15) is 4.79 Å². The zero-order valence-corrected chi connectivity index (χ0v) is 19.5. The molecule has 2 aliphatic heterocycles. The van der Waals surface area contributed by atoms with Crippen molar-refractivity contribution < 1.29 is 9.53 Å². The van der Waals surface area contributed by atoms with Gasteiger partial charge in [-0.3, -0.25) is 14.7 Å². The number of rotatable bonds is 9. The van der Waals surface area contributed by atoms with Crippen LogP contribution in [0.2, 0.25) is 0 Å². The largest absolute Gasteiger partial charge is 0.373 e. The number of carbonyl (C=O) groups is 1. The minimum atomic E-state index is 0. The fourth-order valence-corrected chi connectivity index (χ4v) is 3.71. The molecule has 0 bridgehead atoms. The van der Waals surface area contributed by atoms with E-state index in [2.05, 4.69) is 41.3 Å². The van der Waals surface area contributed by atoms with E-state index in [1.54, 1.807) is 0 Å². The average molecular weight is 495 g/mol. The predicted molar refractivity (Wildman–Crippen MR) is 121 cm³/mol. The van der Waals surface area contributed by atoms with Crippen molar-refractivity contribution in [3.63, 3.8) is 0 Å². The first kappa shape index (κ1) is 24.4. The Morgan fingerprint density at radius 1 is 1.19 bits per heavy atom. The van der Waals surface area contributed by atoms with Gasteiger partial charge in [-0.15, -0.1) is 24.0 Å². The van der Waals surface area contributed by atoms with E-state index in [4.69, 9.17) is 4.74 Å². The standard InChI is InChI=1S/C19H37N5O2.HI/c1-4-20-19(22-10-7-13-24-12-5-8-18(24)25)21-9-6-11-23-14-16(2)26-17(3)15-23;/h16-17H,4-15H2,1-3H3,(H2,20,21,22);1H. The number of hydrogen-bond acceptors (Lipinski definition) is 4. The summed E-state index contributed by atoms with van der Waals surface area (Å²) in [5.41, 5.74) is 0. The Hall–Kier alpha value is -0.610. The highest BCUT2D eigenvalue weighted by Crippen LogP contribution is 2.11. The number of likely N-dealkylation sites (tertiary alicyclic amines) is 1. The Bertz CT molecular complexity index is 453. The van der Waals surface area contributed by atoms with Gasteiger partial charge in [-0.25, -0.2) is 0 Å². The van der Waals surface area contributed by atoms with Gasteiger partial charge in [-0.1, -0.05) is 0 Å². The zero-order valence-electron chi connectivity index (χ0n) is 17.2. The van der Waals surface area contributed by atoms with Crippen LogP contribution in [-0.2, 0) is 9.53 Å². The molecule has 0 radical (unpaired) electrons. The summed E-state index contributed by atoms with van der Waals surface area (Å²) in [5.74, 6) is 1.18. The summed E-state index contributed by atoms with van der Waals surface area (Å²) in [4.78, 5) is 20.7. The van der Waals surface area contributed by atoms with E-state index in [1.807, 2.05) is 4.90 Å². The molecule has 0 aliphatic carbocycles. The highest BCUT2D eigenvalue weighted by atomic mass is 127. The molecule has 2 rings (SSSR count). The van der Waals surface area contributed by atoms with Gasteiger partial charge in [-0.05, 0) is 40.0 Å². The number of morpholine rings is 1. The summed E-state index contributed by atoms with van der Waals surface area (Å²) in [6.45, 7) is 13.8. The van der Waals surface area contributed by atoms with Gasteiger partial charge < -0.3 is 20.3 Å². The van der Waals surface area contributed by atoms with Crippen LogP contribution in [0.3, 0.4) is 0 Å². The minimum Gasteiger partial charge on any atom is -0.373 e. The van der Waals surface area contributed by atoms with E-state index in [-0.39, 0.29) is 24.0 Å². The smallest absolute Gasteiger partial charge is 0.222 e. The number of ether oxygens (including phenoxy) is 1. The second-order valence-corrected chi connectivity index (χ2v) is 7.40. The lowest BCUT2D eigenvalue weighted by molar-refractivity contribution is -0.127. The summed E-state index contributed by atoms with van der Waals surface area (Å²) < 4.78 is 5.78. The van der Waals surface area contributed by atoms with Crippen molar-refractivity contribution in [3.8, 4) is 0 Å². The summed E-state index contributed by atoms with van der Waals surface area (Å²) in [6.07, 6.45) is 4.39. The lowest BCUT2D eigenvalue weighted by Gasteiger charge is -2.35. The third-order valence-corrected chi connectivity index (χ3v) is 4.81. The molecule has 0 aromatic carbocycles. The number of guanidine groups is 1. The van der Waals surface area contributed by atoms with Gasteiger partial charge in [0.15, 0.2) is 5.96 Å². The summed E-state index contributed by atoms with van der Waals surface area (Å²) >= 11 is 0. The fraction of sp³-hybridized carbons (Fsp3) is 0.895. The quantitative estimate of drug-likeness (QED) is 0.221. The number of aliphatic imine (C=N–C) groups is 1. The molecule has 2 saturated heterocycles. The summed E-state index contributed by atoms with van der Waals surface area (Å²) in [6, 6.07) is 0. The second kappa shape index (κ2) is 13.5. The molecule has 1 amide bonds. The zero-order chi connectivity index (χ0) is 18.8. The van der Waals surface area contributed by atoms with Gasteiger partial charge in [0.25, 0.3) is 0 Å². The highest BCUT2D eigenvalue weighted by molar-refractivity contribution is 14.0. The van der Waals surface area contributed by atoms with E-state index < -0.39 is 0 Å². The van der Waals surface area contributed by atoms with Crippen LogP contribution >= 0.6 is 24.0 Å². The maximum absolute atomic E-state index is 11.6. The fourth-order valence-electron chi connectivity index (χ4n) is 3.71. The molecule has 158 valence electrons. The van der Waals surface area contributed by atoms with Crippen LogP contribution in [0.15, 0.2) is 4.99 Å². The molecule has 0 spiro atoms. The topological polar surface area (TPSA) is 69.2 Å². The van der Waals surface area contributed by atoms with Gasteiger partial charge in [-0.2, -0.15) is 0 Å². The Labute approximate surface area is 181 Å². The molecule has 2 aliphatic rings. The van der Waals surface area contributed by atoms with Crippen molar-refractivity contribution in [1.82, 2.24) is 20.4 Å². The van der Waals surface area contributed by atoms with E-state index in [0.29, 0.717) is 24.5 Å². The van der Waals surface area contributed by atoms with Crippen molar-refractivity contribution in [2.75, 3.05) is 52.4 Å². The van der Waals surface area contributed by atoms with Gasteiger partial charge >= 0.3 is 0 Å². The number of nitrogens with one attached hydrogen (secondary N) is 2. The molecule has 2 atom stereocenters. The van der Waals surface area contributed by atoms with Crippen LogP contribution < -0.4 is 10.6 Å². The molecular weight excluding hydrogens is 457 g/mol. The summed E-state index contributed by atoms with van der Waals surface area (Å²) in [5, 5.41) is 6.72. The maximum Gasteiger partial charge on any atom is 0.222 e. The van der Waals surface area contributed by atoms with Gasteiger partial charge in [0, 0.05) is 58.8 Å². The third kappa shape index (κ3) is 9.43. The molecule has 2 unspecified atom stereocenters. The second-order valence-electron chi connectivity index (χ2n) is 7.40. The number of carbonyl (C=O) groups excluding carboxylic acids is 1. The molecule has 27 heavy (non-hydrogen) atoms. The first-order valence-electron chi connectivity index (χ1n) is 10.3. The van der Waals surface area contributed by atoms with Gasteiger partial charge in [0.05, 0.1) is 12.2 Å². The van der Waals surface area contributed by atoms with Crippen LogP contribution in [0.25, 0.3) is 0 Å². The van der Waals surface area contributed by atoms with E-state index in [1.165, 1.54) is 0 Å². The first-order valence-corrected chi connectivity index (χ1v) is 10.3. The van der Waals surface area contributed by atoms with Crippen LogP contribution in [0, 0.1) is 0 Å². The Kier molecular flexibility index (Phi) is 12.3. The number of hydrogen-bond donors (Lipinski definition) is 2.